The molecule has 0 fully saturated rings. The van der Waals surface area contributed by atoms with Crippen molar-refractivity contribution in [1.82, 2.24) is 0 Å². The third kappa shape index (κ3) is 4.00. The van der Waals surface area contributed by atoms with Gasteiger partial charge in [-0.1, -0.05) is 6.07 Å². The molecule has 0 radical (unpaired) electrons. The highest BCUT2D eigenvalue weighted by Gasteiger charge is 2.10. The number of rotatable bonds is 5. The SMILES string of the molecule is CCOC(=O)c1cc(CO)cc(CC(C)=O)c1. The van der Waals surface area contributed by atoms with E-state index in [2.05, 4.69) is 0 Å². The van der Waals surface area contributed by atoms with Gasteiger partial charge in [0, 0.05) is 6.42 Å². The molecule has 0 saturated carbocycles. The first-order valence-electron chi connectivity index (χ1n) is 5.47. The van der Waals surface area contributed by atoms with Gasteiger partial charge in [0.05, 0.1) is 18.8 Å². The molecule has 4 heteroatoms. The Morgan fingerprint density at radius 3 is 2.41 bits per heavy atom. The van der Waals surface area contributed by atoms with Gasteiger partial charge in [0.2, 0.25) is 0 Å². The summed E-state index contributed by atoms with van der Waals surface area (Å²) in [6.07, 6.45) is 0.250. The van der Waals surface area contributed by atoms with Crippen LogP contribution in [0.25, 0.3) is 0 Å². The second-order valence-electron chi connectivity index (χ2n) is 3.80. The van der Waals surface area contributed by atoms with Crippen molar-refractivity contribution < 1.29 is 19.4 Å². The highest BCUT2D eigenvalue weighted by molar-refractivity contribution is 5.90. The van der Waals surface area contributed by atoms with Crippen LogP contribution in [0.4, 0.5) is 0 Å². The first-order chi connectivity index (χ1) is 8.06. The fourth-order valence-corrected chi connectivity index (χ4v) is 1.58. The number of benzene rings is 1. The Bertz CT molecular complexity index is 423. The molecule has 1 aromatic rings. The number of Topliss-reactive ketones (excluding diaryl/α,β-unsaturated/α-hetero) is 1. The summed E-state index contributed by atoms with van der Waals surface area (Å²) in [5.74, 6) is -0.428. The van der Waals surface area contributed by atoms with Crippen molar-refractivity contribution in [2.24, 2.45) is 0 Å². The number of aliphatic hydroxyl groups is 1. The van der Waals surface area contributed by atoms with E-state index in [1.807, 2.05) is 0 Å². The summed E-state index contributed by atoms with van der Waals surface area (Å²) in [5, 5.41) is 9.10. The van der Waals surface area contributed by atoms with Crippen molar-refractivity contribution in [2.45, 2.75) is 26.9 Å². The molecule has 1 N–H and O–H groups in total. The number of carbonyl (C=O) groups is 2. The van der Waals surface area contributed by atoms with Crippen LogP contribution >= 0.6 is 0 Å². The molecule has 0 saturated heterocycles. The topological polar surface area (TPSA) is 63.6 Å². The van der Waals surface area contributed by atoms with E-state index in [9.17, 15) is 9.59 Å². The predicted octanol–water partition coefficient (Wildman–Crippen LogP) is 1.49. The van der Waals surface area contributed by atoms with E-state index in [1.165, 1.54) is 6.92 Å². The first kappa shape index (κ1) is 13.4. The maximum Gasteiger partial charge on any atom is 0.338 e. The number of hydrogen-bond donors (Lipinski definition) is 1. The first-order valence-corrected chi connectivity index (χ1v) is 5.47. The molecule has 17 heavy (non-hydrogen) atoms. The summed E-state index contributed by atoms with van der Waals surface area (Å²) >= 11 is 0. The minimum Gasteiger partial charge on any atom is -0.462 e. The summed E-state index contributed by atoms with van der Waals surface area (Å²) < 4.78 is 4.88. The number of ether oxygens (including phenoxy) is 1. The Hall–Kier alpha value is -1.68. The molecule has 0 aliphatic rings. The van der Waals surface area contributed by atoms with Gasteiger partial charge >= 0.3 is 5.97 Å². The van der Waals surface area contributed by atoms with Crippen LogP contribution in [0.1, 0.15) is 35.3 Å². The van der Waals surface area contributed by atoms with E-state index in [1.54, 1.807) is 25.1 Å². The average Bonchev–Trinajstić information content (AvgIpc) is 2.28. The predicted molar refractivity (Wildman–Crippen MR) is 62.7 cm³/mol. The zero-order valence-corrected chi connectivity index (χ0v) is 10.0. The van der Waals surface area contributed by atoms with Crippen molar-refractivity contribution in [3.05, 3.63) is 34.9 Å². The lowest BCUT2D eigenvalue weighted by atomic mass is 10.0. The summed E-state index contributed by atoms with van der Waals surface area (Å²) in [5.41, 5.74) is 1.69. The average molecular weight is 236 g/mol. The lowest BCUT2D eigenvalue weighted by Crippen LogP contribution is -2.07. The number of esters is 1. The Morgan fingerprint density at radius 1 is 1.24 bits per heavy atom. The van der Waals surface area contributed by atoms with Crippen molar-refractivity contribution in [1.29, 1.82) is 0 Å². The number of aliphatic hydroxyl groups excluding tert-OH is 1. The molecule has 0 aliphatic heterocycles. The minimum atomic E-state index is -0.437. The standard InChI is InChI=1S/C13H16O4/c1-3-17-13(16)12-6-10(4-9(2)15)5-11(7-12)8-14/h5-7,14H,3-4,8H2,1-2H3. The van der Waals surface area contributed by atoms with Crippen molar-refractivity contribution in [3.63, 3.8) is 0 Å². The van der Waals surface area contributed by atoms with E-state index in [-0.39, 0.29) is 18.8 Å². The zero-order chi connectivity index (χ0) is 12.8. The van der Waals surface area contributed by atoms with Crippen LogP contribution in [0.15, 0.2) is 18.2 Å². The molecule has 0 aliphatic carbocycles. The number of ketones is 1. The molecular formula is C13H16O4. The normalized spacial score (nSPS) is 10.1. The van der Waals surface area contributed by atoms with E-state index >= 15 is 0 Å². The van der Waals surface area contributed by atoms with Crippen molar-refractivity contribution in [3.8, 4) is 0 Å². The molecular weight excluding hydrogens is 220 g/mol. The summed E-state index contributed by atoms with van der Waals surface area (Å²) in [4.78, 5) is 22.6. The van der Waals surface area contributed by atoms with E-state index in [4.69, 9.17) is 9.84 Å². The fraction of sp³-hybridized carbons (Fsp3) is 0.385. The minimum absolute atomic E-state index is 0.00917. The molecule has 0 unspecified atom stereocenters. The van der Waals surface area contributed by atoms with E-state index in [0.29, 0.717) is 23.3 Å². The van der Waals surface area contributed by atoms with Crippen LogP contribution in [0.2, 0.25) is 0 Å². The molecule has 0 bridgehead atoms. The van der Waals surface area contributed by atoms with Gasteiger partial charge in [-0.2, -0.15) is 0 Å². The van der Waals surface area contributed by atoms with Gasteiger partial charge in [-0.3, -0.25) is 4.79 Å². The Balaban J connectivity index is 3.04. The summed E-state index contributed by atoms with van der Waals surface area (Å²) in [7, 11) is 0. The molecule has 1 aromatic carbocycles. The maximum absolute atomic E-state index is 11.6. The van der Waals surface area contributed by atoms with Crippen LogP contribution < -0.4 is 0 Å². The maximum atomic E-state index is 11.6. The van der Waals surface area contributed by atoms with E-state index < -0.39 is 5.97 Å². The van der Waals surface area contributed by atoms with Crippen molar-refractivity contribution in [2.75, 3.05) is 6.61 Å². The van der Waals surface area contributed by atoms with Gasteiger partial charge in [-0.25, -0.2) is 4.79 Å². The van der Waals surface area contributed by atoms with Gasteiger partial charge in [-0.15, -0.1) is 0 Å². The van der Waals surface area contributed by atoms with Crippen molar-refractivity contribution >= 4 is 11.8 Å². The zero-order valence-electron chi connectivity index (χ0n) is 10.0. The molecule has 0 aromatic heterocycles. The second kappa shape index (κ2) is 6.15. The van der Waals surface area contributed by atoms with E-state index in [0.717, 1.165) is 0 Å². The van der Waals surface area contributed by atoms with Gasteiger partial charge in [0.1, 0.15) is 5.78 Å². The number of carbonyl (C=O) groups excluding carboxylic acids is 2. The highest BCUT2D eigenvalue weighted by atomic mass is 16.5. The Morgan fingerprint density at radius 2 is 1.88 bits per heavy atom. The molecule has 0 spiro atoms. The molecule has 4 nitrogen and oxygen atoms in total. The molecule has 1 rings (SSSR count). The quantitative estimate of drug-likeness (QED) is 0.787. The van der Waals surface area contributed by atoms with Gasteiger partial charge in [0.15, 0.2) is 0 Å². The highest BCUT2D eigenvalue weighted by Crippen LogP contribution is 2.13. The monoisotopic (exact) mass is 236 g/mol. The Kier molecular flexibility index (Phi) is 4.84. The Labute approximate surface area is 100 Å². The third-order valence-electron chi connectivity index (χ3n) is 2.20. The summed E-state index contributed by atoms with van der Waals surface area (Å²) in [6.45, 7) is 3.34. The van der Waals surface area contributed by atoms with Crippen LogP contribution in [0.5, 0.6) is 0 Å². The van der Waals surface area contributed by atoms with Crippen LogP contribution in [0.3, 0.4) is 0 Å². The third-order valence-corrected chi connectivity index (χ3v) is 2.20. The van der Waals surface area contributed by atoms with Crippen LogP contribution in [0, 0.1) is 0 Å². The van der Waals surface area contributed by atoms with Crippen LogP contribution in [-0.2, 0) is 22.6 Å². The fourth-order valence-electron chi connectivity index (χ4n) is 1.58. The van der Waals surface area contributed by atoms with Crippen LogP contribution in [-0.4, -0.2) is 23.5 Å². The number of hydrogen-bond acceptors (Lipinski definition) is 4. The largest absolute Gasteiger partial charge is 0.462 e. The van der Waals surface area contributed by atoms with Gasteiger partial charge in [0.25, 0.3) is 0 Å². The molecule has 0 amide bonds. The van der Waals surface area contributed by atoms with Gasteiger partial charge in [-0.05, 0) is 37.1 Å². The lowest BCUT2D eigenvalue weighted by Gasteiger charge is -2.07. The molecule has 92 valence electrons. The molecule has 0 atom stereocenters. The summed E-state index contributed by atoms with van der Waals surface area (Å²) in [6, 6.07) is 4.91. The van der Waals surface area contributed by atoms with Gasteiger partial charge < -0.3 is 9.84 Å². The smallest absolute Gasteiger partial charge is 0.338 e. The lowest BCUT2D eigenvalue weighted by molar-refractivity contribution is -0.116. The second-order valence-corrected chi connectivity index (χ2v) is 3.80. The molecule has 0 heterocycles.